The average molecular weight is 213 g/mol. The van der Waals surface area contributed by atoms with Crippen LogP contribution in [0.3, 0.4) is 0 Å². The van der Waals surface area contributed by atoms with Crippen molar-refractivity contribution in [2.24, 2.45) is 0 Å². The molecule has 1 heterocycles. The van der Waals surface area contributed by atoms with Gasteiger partial charge in [-0.1, -0.05) is 13.3 Å². The van der Waals surface area contributed by atoms with Crippen LogP contribution in [0, 0.1) is 0 Å². The number of nitrogens with zero attached hydrogens (tertiary/aromatic N) is 3. The molecule has 15 heavy (non-hydrogen) atoms. The lowest BCUT2D eigenvalue weighted by Crippen LogP contribution is -2.08. The van der Waals surface area contributed by atoms with Crippen LogP contribution in [0.15, 0.2) is 0 Å². The summed E-state index contributed by atoms with van der Waals surface area (Å²) in [6.07, 6.45) is 0.731. The third-order valence-electron chi connectivity index (χ3n) is 1.84. The number of hydrogen-bond acceptors (Lipinski definition) is 6. The van der Waals surface area contributed by atoms with E-state index in [1.807, 2.05) is 6.92 Å². The van der Waals surface area contributed by atoms with Crippen LogP contribution < -0.4 is 9.47 Å². The standard InChI is InChI=1S/C9H15N3O3/c1-4-5-6(13)7-10-8(14-2)12-9(11-7)15-3/h6,13H,4-5H2,1-3H3. The molecule has 6 heteroatoms. The third kappa shape index (κ3) is 3.02. The van der Waals surface area contributed by atoms with E-state index in [1.165, 1.54) is 14.2 Å². The molecule has 1 aromatic rings. The van der Waals surface area contributed by atoms with Gasteiger partial charge in [0.15, 0.2) is 5.82 Å². The molecule has 0 saturated carbocycles. The molecule has 0 bridgehead atoms. The van der Waals surface area contributed by atoms with E-state index in [4.69, 9.17) is 9.47 Å². The van der Waals surface area contributed by atoms with E-state index in [0.29, 0.717) is 6.42 Å². The molecule has 0 saturated heterocycles. The molecule has 1 unspecified atom stereocenters. The van der Waals surface area contributed by atoms with Crippen molar-refractivity contribution >= 4 is 0 Å². The Hall–Kier alpha value is -1.43. The second kappa shape index (κ2) is 5.45. The lowest BCUT2D eigenvalue weighted by Gasteiger charge is -2.09. The Labute approximate surface area is 88.3 Å². The molecular weight excluding hydrogens is 198 g/mol. The van der Waals surface area contributed by atoms with E-state index in [0.717, 1.165) is 6.42 Å². The highest BCUT2D eigenvalue weighted by Gasteiger charge is 2.14. The minimum absolute atomic E-state index is 0.145. The molecular formula is C9H15N3O3. The van der Waals surface area contributed by atoms with E-state index >= 15 is 0 Å². The molecule has 0 aliphatic heterocycles. The van der Waals surface area contributed by atoms with Crippen LogP contribution in [0.1, 0.15) is 31.7 Å². The summed E-state index contributed by atoms with van der Waals surface area (Å²) in [4.78, 5) is 11.7. The molecule has 1 atom stereocenters. The number of aliphatic hydroxyl groups excluding tert-OH is 1. The van der Waals surface area contributed by atoms with Gasteiger partial charge in [0.1, 0.15) is 6.10 Å². The van der Waals surface area contributed by atoms with Gasteiger partial charge < -0.3 is 14.6 Å². The van der Waals surface area contributed by atoms with Crippen molar-refractivity contribution in [2.75, 3.05) is 14.2 Å². The van der Waals surface area contributed by atoms with Crippen molar-refractivity contribution < 1.29 is 14.6 Å². The van der Waals surface area contributed by atoms with E-state index < -0.39 is 6.10 Å². The third-order valence-corrected chi connectivity index (χ3v) is 1.84. The van der Waals surface area contributed by atoms with E-state index in [-0.39, 0.29) is 17.8 Å². The number of methoxy groups -OCH3 is 2. The first kappa shape index (κ1) is 11.6. The maximum atomic E-state index is 9.70. The van der Waals surface area contributed by atoms with Crippen molar-refractivity contribution in [3.8, 4) is 12.0 Å². The summed E-state index contributed by atoms with van der Waals surface area (Å²) in [5.41, 5.74) is 0. The van der Waals surface area contributed by atoms with Crippen LogP contribution in [0.4, 0.5) is 0 Å². The molecule has 0 aliphatic carbocycles. The summed E-state index contributed by atoms with van der Waals surface area (Å²) in [7, 11) is 2.90. The molecule has 1 rings (SSSR count). The Morgan fingerprint density at radius 2 is 1.67 bits per heavy atom. The predicted octanol–water partition coefficient (Wildman–Crippen LogP) is 0.722. The Balaban J connectivity index is 2.95. The summed E-state index contributed by atoms with van der Waals surface area (Å²) < 4.78 is 9.74. The number of aliphatic hydroxyl groups is 1. The van der Waals surface area contributed by atoms with Crippen molar-refractivity contribution in [2.45, 2.75) is 25.9 Å². The van der Waals surface area contributed by atoms with E-state index in [1.54, 1.807) is 0 Å². The smallest absolute Gasteiger partial charge is 0.322 e. The van der Waals surface area contributed by atoms with Gasteiger partial charge in [0.05, 0.1) is 14.2 Å². The first-order chi connectivity index (χ1) is 7.21. The van der Waals surface area contributed by atoms with Crippen LogP contribution in [0.5, 0.6) is 12.0 Å². The summed E-state index contributed by atoms with van der Waals surface area (Å²) in [5, 5.41) is 9.70. The molecule has 0 spiro atoms. The Morgan fingerprint density at radius 3 is 2.07 bits per heavy atom. The highest BCUT2D eigenvalue weighted by atomic mass is 16.5. The largest absolute Gasteiger partial charge is 0.467 e. The molecule has 0 radical (unpaired) electrons. The first-order valence-corrected chi connectivity index (χ1v) is 4.73. The highest BCUT2D eigenvalue weighted by molar-refractivity contribution is 5.06. The lowest BCUT2D eigenvalue weighted by molar-refractivity contribution is 0.153. The van der Waals surface area contributed by atoms with Crippen LogP contribution >= 0.6 is 0 Å². The maximum Gasteiger partial charge on any atom is 0.322 e. The van der Waals surface area contributed by atoms with Gasteiger partial charge in [-0.15, -0.1) is 4.98 Å². The summed E-state index contributed by atoms with van der Waals surface area (Å²) in [6.45, 7) is 1.97. The van der Waals surface area contributed by atoms with Crippen molar-refractivity contribution in [1.82, 2.24) is 15.0 Å². The van der Waals surface area contributed by atoms with Crippen molar-refractivity contribution in [3.63, 3.8) is 0 Å². The molecule has 0 aromatic carbocycles. The zero-order valence-electron chi connectivity index (χ0n) is 9.10. The fourth-order valence-corrected chi connectivity index (χ4v) is 1.09. The van der Waals surface area contributed by atoms with Crippen LogP contribution in [-0.4, -0.2) is 34.3 Å². The number of aromatic nitrogens is 3. The van der Waals surface area contributed by atoms with Crippen LogP contribution in [0.25, 0.3) is 0 Å². The fraction of sp³-hybridized carbons (Fsp3) is 0.667. The summed E-state index contributed by atoms with van der Waals surface area (Å²) in [6, 6.07) is 0.291. The average Bonchev–Trinajstić information content (AvgIpc) is 2.28. The quantitative estimate of drug-likeness (QED) is 0.776. The van der Waals surface area contributed by atoms with Crippen LogP contribution in [-0.2, 0) is 0 Å². The molecule has 1 N–H and O–H groups in total. The summed E-state index contributed by atoms with van der Waals surface area (Å²) in [5.74, 6) is 0.278. The van der Waals surface area contributed by atoms with E-state index in [2.05, 4.69) is 15.0 Å². The van der Waals surface area contributed by atoms with E-state index in [9.17, 15) is 5.11 Å². The maximum absolute atomic E-state index is 9.70. The van der Waals surface area contributed by atoms with Gasteiger partial charge in [0, 0.05) is 0 Å². The van der Waals surface area contributed by atoms with Gasteiger partial charge in [-0.2, -0.15) is 9.97 Å². The molecule has 84 valence electrons. The first-order valence-electron chi connectivity index (χ1n) is 4.73. The SMILES string of the molecule is CCCC(O)c1nc(OC)nc(OC)n1. The van der Waals surface area contributed by atoms with Crippen molar-refractivity contribution in [3.05, 3.63) is 5.82 Å². The topological polar surface area (TPSA) is 77.4 Å². The monoisotopic (exact) mass is 213 g/mol. The van der Waals surface area contributed by atoms with Gasteiger partial charge >= 0.3 is 12.0 Å². The zero-order chi connectivity index (χ0) is 11.3. The molecule has 6 nitrogen and oxygen atoms in total. The Bertz CT molecular complexity index is 297. The lowest BCUT2D eigenvalue weighted by atomic mass is 10.2. The molecule has 0 fully saturated rings. The van der Waals surface area contributed by atoms with Gasteiger partial charge in [-0.05, 0) is 6.42 Å². The second-order valence-corrected chi connectivity index (χ2v) is 2.97. The summed E-state index contributed by atoms with van der Waals surface area (Å²) >= 11 is 0. The fourth-order valence-electron chi connectivity index (χ4n) is 1.09. The molecule has 0 amide bonds. The predicted molar refractivity (Wildman–Crippen MR) is 52.8 cm³/mol. The second-order valence-electron chi connectivity index (χ2n) is 2.97. The van der Waals surface area contributed by atoms with Gasteiger partial charge in [-0.3, -0.25) is 0 Å². The number of ether oxygens (including phenoxy) is 2. The minimum Gasteiger partial charge on any atom is -0.467 e. The highest BCUT2D eigenvalue weighted by Crippen LogP contribution is 2.18. The Morgan fingerprint density at radius 1 is 1.13 bits per heavy atom. The number of rotatable bonds is 5. The van der Waals surface area contributed by atoms with Crippen LogP contribution in [0.2, 0.25) is 0 Å². The molecule has 0 aliphatic rings. The number of hydrogen-bond donors (Lipinski definition) is 1. The van der Waals surface area contributed by atoms with Gasteiger partial charge in [-0.25, -0.2) is 0 Å². The molecule has 1 aromatic heterocycles. The van der Waals surface area contributed by atoms with Crippen molar-refractivity contribution in [1.29, 1.82) is 0 Å². The Kier molecular flexibility index (Phi) is 4.23. The zero-order valence-corrected chi connectivity index (χ0v) is 9.10. The normalized spacial score (nSPS) is 12.3. The van der Waals surface area contributed by atoms with Gasteiger partial charge in [0.25, 0.3) is 0 Å². The van der Waals surface area contributed by atoms with Gasteiger partial charge in [0.2, 0.25) is 0 Å². The minimum atomic E-state index is -0.708.